The van der Waals surface area contributed by atoms with E-state index in [-0.39, 0.29) is 5.92 Å². The number of carbonyl (C=O) groups excluding carboxylic acids is 1. The van der Waals surface area contributed by atoms with Gasteiger partial charge in [-0.25, -0.2) is 4.98 Å². The van der Waals surface area contributed by atoms with Gasteiger partial charge >= 0.3 is 0 Å². The van der Waals surface area contributed by atoms with E-state index in [1.54, 1.807) is 12.4 Å². The zero-order chi connectivity index (χ0) is 11.4. The monoisotopic (exact) mass is 214 g/mol. The van der Waals surface area contributed by atoms with Gasteiger partial charge in [-0.15, -0.1) is 0 Å². The zero-order valence-electron chi connectivity index (χ0n) is 9.18. The predicted octanol–water partition coefficient (Wildman–Crippen LogP) is 2.30. The van der Waals surface area contributed by atoms with Crippen LogP contribution in [0, 0.1) is 0 Å². The fraction of sp³-hybridized carbons (Fsp3) is 0.231. The van der Waals surface area contributed by atoms with E-state index >= 15 is 0 Å². The Kier molecular flexibility index (Phi) is 3.15. The molecule has 16 heavy (non-hydrogen) atoms. The van der Waals surface area contributed by atoms with Crippen LogP contribution in [0.4, 0.5) is 0 Å². The topological polar surface area (TPSA) is 45.8 Å². The summed E-state index contributed by atoms with van der Waals surface area (Å²) in [5.74, 6) is 0.403. The van der Waals surface area contributed by atoms with Crippen LogP contribution in [0.5, 0.6) is 0 Å². The zero-order valence-corrected chi connectivity index (χ0v) is 9.18. The van der Waals surface area contributed by atoms with Crippen molar-refractivity contribution in [3.63, 3.8) is 0 Å². The number of carbonyl (C=O) groups is 1. The van der Waals surface area contributed by atoms with Crippen molar-refractivity contribution in [2.75, 3.05) is 0 Å². The predicted molar refractivity (Wildman–Crippen MR) is 62.3 cm³/mol. The van der Waals surface area contributed by atoms with Crippen LogP contribution in [0.25, 0.3) is 0 Å². The summed E-state index contributed by atoms with van der Waals surface area (Å²) in [6.07, 6.45) is 5.31. The number of hydrogen-bond donors (Lipinski definition) is 1. The van der Waals surface area contributed by atoms with Gasteiger partial charge in [0.2, 0.25) is 0 Å². The first-order valence-corrected chi connectivity index (χ1v) is 5.38. The minimum absolute atomic E-state index is 0.291. The molecule has 0 saturated carbocycles. The Morgan fingerprint density at radius 3 is 2.62 bits per heavy atom. The van der Waals surface area contributed by atoms with E-state index in [0.29, 0.717) is 5.82 Å². The summed E-state index contributed by atoms with van der Waals surface area (Å²) in [6.45, 7) is 2.11. The van der Waals surface area contributed by atoms with Crippen molar-refractivity contribution in [2.24, 2.45) is 0 Å². The van der Waals surface area contributed by atoms with Crippen LogP contribution in [-0.4, -0.2) is 16.3 Å². The SMILES string of the molecule is CCc1ccc(C(C=O)c2ncc[nH]2)cc1. The molecule has 0 saturated heterocycles. The van der Waals surface area contributed by atoms with Crippen molar-refractivity contribution >= 4 is 6.29 Å². The molecule has 3 nitrogen and oxygen atoms in total. The van der Waals surface area contributed by atoms with Crippen LogP contribution in [0.15, 0.2) is 36.7 Å². The van der Waals surface area contributed by atoms with Crippen LogP contribution in [0.2, 0.25) is 0 Å². The van der Waals surface area contributed by atoms with E-state index in [2.05, 4.69) is 29.0 Å². The molecular weight excluding hydrogens is 200 g/mol. The molecule has 1 atom stereocenters. The first-order chi connectivity index (χ1) is 7.85. The van der Waals surface area contributed by atoms with E-state index in [4.69, 9.17) is 0 Å². The first-order valence-electron chi connectivity index (χ1n) is 5.38. The molecular formula is C13H14N2O. The highest BCUT2D eigenvalue weighted by molar-refractivity contribution is 5.66. The summed E-state index contributed by atoms with van der Waals surface area (Å²) in [6, 6.07) is 8.07. The van der Waals surface area contributed by atoms with Gasteiger partial charge in [0.05, 0.1) is 5.92 Å². The van der Waals surface area contributed by atoms with Gasteiger partial charge in [0.15, 0.2) is 0 Å². The third-order valence-electron chi connectivity index (χ3n) is 2.70. The maximum atomic E-state index is 11.1. The van der Waals surface area contributed by atoms with Crippen LogP contribution in [-0.2, 0) is 11.2 Å². The Hall–Kier alpha value is -1.90. The lowest BCUT2D eigenvalue weighted by atomic mass is 9.98. The second-order valence-corrected chi connectivity index (χ2v) is 3.68. The van der Waals surface area contributed by atoms with Gasteiger partial charge in [-0.1, -0.05) is 31.2 Å². The largest absolute Gasteiger partial charge is 0.348 e. The highest BCUT2D eigenvalue weighted by atomic mass is 16.1. The molecule has 2 rings (SSSR count). The van der Waals surface area contributed by atoms with E-state index in [9.17, 15) is 4.79 Å². The number of aromatic amines is 1. The average Bonchev–Trinajstić information content (AvgIpc) is 2.85. The fourth-order valence-electron chi connectivity index (χ4n) is 1.71. The first kappa shape index (κ1) is 10.6. The molecule has 0 radical (unpaired) electrons. The van der Waals surface area contributed by atoms with Gasteiger partial charge in [-0.2, -0.15) is 0 Å². The maximum absolute atomic E-state index is 11.1. The van der Waals surface area contributed by atoms with Crippen molar-refractivity contribution in [3.8, 4) is 0 Å². The van der Waals surface area contributed by atoms with Gasteiger partial charge in [-0.3, -0.25) is 0 Å². The Morgan fingerprint density at radius 1 is 1.38 bits per heavy atom. The minimum Gasteiger partial charge on any atom is -0.348 e. The van der Waals surface area contributed by atoms with E-state index in [1.807, 2.05) is 12.1 Å². The molecule has 0 aliphatic carbocycles. The van der Waals surface area contributed by atoms with Crippen molar-refractivity contribution in [2.45, 2.75) is 19.3 Å². The number of hydrogen-bond acceptors (Lipinski definition) is 2. The average molecular weight is 214 g/mol. The molecule has 1 aromatic carbocycles. The number of rotatable bonds is 4. The van der Waals surface area contributed by atoms with Crippen molar-refractivity contribution in [1.29, 1.82) is 0 Å². The number of aryl methyl sites for hydroxylation is 1. The molecule has 1 unspecified atom stereocenters. The van der Waals surface area contributed by atoms with Crippen molar-refractivity contribution < 1.29 is 4.79 Å². The standard InChI is InChI=1S/C13H14N2O/c1-2-10-3-5-11(6-4-10)12(9-16)13-14-7-8-15-13/h3-9,12H,2H2,1H3,(H,14,15). The third kappa shape index (κ3) is 2.03. The number of H-pyrrole nitrogens is 1. The molecule has 2 aromatic rings. The molecule has 3 heteroatoms. The Balaban J connectivity index is 2.30. The van der Waals surface area contributed by atoms with Gasteiger partial charge in [0.25, 0.3) is 0 Å². The molecule has 82 valence electrons. The van der Waals surface area contributed by atoms with Crippen LogP contribution >= 0.6 is 0 Å². The maximum Gasteiger partial charge on any atom is 0.135 e. The quantitative estimate of drug-likeness (QED) is 0.794. The van der Waals surface area contributed by atoms with Crippen molar-refractivity contribution in [1.82, 2.24) is 9.97 Å². The fourth-order valence-corrected chi connectivity index (χ4v) is 1.71. The summed E-state index contributed by atoms with van der Waals surface area (Å²) in [4.78, 5) is 18.2. The molecule has 0 spiro atoms. The molecule has 0 aliphatic heterocycles. The Labute approximate surface area is 94.5 Å². The summed E-state index contributed by atoms with van der Waals surface area (Å²) in [7, 11) is 0. The number of imidazole rings is 1. The van der Waals surface area contributed by atoms with Crippen molar-refractivity contribution in [3.05, 3.63) is 53.6 Å². The summed E-state index contributed by atoms with van der Waals surface area (Å²) in [5, 5.41) is 0. The van der Waals surface area contributed by atoms with Gasteiger partial charge in [0, 0.05) is 12.4 Å². The van der Waals surface area contributed by atoms with Crippen LogP contribution in [0.1, 0.15) is 29.8 Å². The highest BCUT2D eigenvalue weighted by Crippen LogP contribution is 2.19. The number of nitrogens with zero attached hydrogens (tertiary/aromatic N) is 1. The second-order valence-electron chi connectivity index (χ2n) is 3.68. The number of aromatic nitrogens is 2. The lowest BCUT2D eigenvalue weighted by Gasteiger charge is -2.08. The van der Waals surface area contributed by atoms with E-state index in [0.717, 1.165) is 18.3 Å². The smallest absolute Gasteiger partial charge is 0.135 e. The third-order valence-corrected chi connectivity index (χ3v) is 2.70. The Morgan fingerprint density at radius 2 is 2.12 bits per heavy atom. The van der Waals surface area contributed by atoms with Crippen LogP contribution < -0.4 is 0 Å². The second kappa shape index (κ2) is 4.75. The lowest BCUT2D eigenvalue weighted by Crippen LogP contribution is -2.04. The Bertz CT molecular complexity index is 445. The number of nitrogens with one attached hydrogen (secondary N) is 1. The highest BCUT2D eigenvalue weighted by Gasteiger charge is 2.14. The van der Waals surface area contributed by atoms with E-state index in [1.165, 1.54) is 5.56 Å². The van der Waals surface area contributed by atoms with Gasteiger partial charge < -0.3 is 9.78 Å². The van der Waals surface area contributed by atoms with Crippen LogP contribution in [0.3, 0.4) is 0 Å². The molecule has 0 amide bonds. The number of aldehydes is 1. The summed E-state index contributed by atoms with van der Waals surface area (Å²) in [5.41, 5.74) is 2.25. The normalized spacial score (nSPS) is 12.3. The summed E-state index contributed by atoms with van der Waals surface area (Å²) >= 11 is 0. The van der Waals surface area contributed by atoms with E-state index < -0.39 is 0 Å². The van der Waals surface area contributed by atoms with Gasteiger partial charge in [0.1, 0.15) is 12.1 Å². The number of benzene rings is 1. The molecule has 0 fully saturated rings. The summed E-state index contributed by atoms with van der Waals surface area (Å²) < 4.78 is 0. The molecule has 0 bridgehead atoms. The minimum atomic E-state index is -0.291. The molecule has 1 heterocycles. The molecule has 1 aromatic heterocycles. The molecule has 1 N–H and O–H groups in total. The molecule has 0 aliphatic rings. The van der Waals surface area contributed by atoms with Gasteiger partial charge in [-0.05, 0) is 17.5 Å². The lowest BCUT2D eigenvalue weighted by molar-refractivity contribution is -0.108.